The molecule has 9 heteroatoms. The van der Waals surface area contributed by atoms with Gasteiger partial charge in [-0.3, -0.25) is 5.32 Å². The first-order chi connectivity index (χ1) is 11.7. The molecule has 1 aromatic rings. The summed E-state index contributed by atoms with van der Waals surface area (Å²) in [5, 5.41) is 13.7. The fourth-order valence-corrected chi connectivity index (χ4v) is 2.46. The molecule has 1 aliphatic carbocycles. The van der Waals surface area contributed by atoms with Crippen LogP contribution in [0.15, 0.2) is 12.1 Å². The van der Waals surface area contributed by atoms with Crippen LogP contribution >= 0.6 is 0 Å². The largest absolute Gasteiger partial charge is 0.450 e. The van der Waals surface area contributed by atoms with Gasteiger partial charge in [-0.2, -0.15) is 0 Å². The summed E-state index contributed by atoms with van der Waals surface area (Å²) in [6.07, 6.45) is 1.80. The minimum absolute atomic E-state index is 0.248. The van der Waals surface area contributed by atoms with Crippen molar-refractivity contribution in [2.24, 2.45) is 0 Å². The van der Waals surface area contributed by atoms with Crippen LogP contribution in [0.25, 0.3) is 0 Å². The van der Waals surface area contributed by atoms with E-state index in [1.165, 1.54) is 0 Å². The zero-order chi connectivity index (χ0) is 16.9. The van der Waals surface area contributed by atoms with E-state index in [2.05, 4.69) is 25.7 Å². The average Bonchev–Trinajstić information content (AvgIpc) is 3.40. The van der Waals surface area contributed by atoms with Crippen LogP contribution < -0.4 is 15.5 Å². The summed E-state index contributed by atoms with van der Waals surface area (Å²) in [5.41, 5.74) is 0. The Labute approximate surface area is 140 Å². The Morgan fingerprint density at radius 2 is 1.96 bits per heavy atom. The van der Waals surface area contributed by atoms with Crippen molar-refractivity contribution in [3.8, 4) is 0 Å². The van der Waals surface area contributed by atoms with E-state index < -0.39 is 0 Å². The van der Waals surface area contributed by atoms with Crippen molar-refractivity contribution in [3.63, 3.8) is 0 Å². The maximum Gasteiger partial charge on any atom is 0.409 e. The Kier molecular flexibility index (Phi) is 4.97. The summed E-state index contributed by atoms with van der Waals surface area (Å²) in [7, 11) is 0. The number of aromatic nitrogens is 2. The van der Waals surface area contributed by atoms with Crippen molar-refractivity contribution in [3.05, 3.63) is 12.1 Å². The van der Waals surface area contributed by atoms with Gasteiger partial charge in [-0.05, 0) is 31.9 Å². The molecule has 0 spiro atoms. The third-order valence-electron chi connectivity index (χ3n) is 3.93. The molecule has 2 heterocycles. The third kappa shape index (κ3) is 4.24. The van der Waals surface area contributed by atoms with Gasteiger partial charge in [0.15, 0.2) is 11.6 Å². The number of nitrogens with zero attached hydrogens (tertiary/aromatic N) is 4. The average molecular weight is 334 g/mol. The van der Waals surface area contributed by atoms with Gasteiger partial charge in [-0.15, -0.1) is 10.2 Å². The van der Waals surface area contributed by atoms with E-state index in [1.54, 1.807) is 17.9 Å². The van der Waals surface area contributed by atoms with Gasteiger partial charge < -0.3 is 19.9 Å². The summed E-state index contributed by atoms with van der Waals surface area (Å²) in [5.74, 6) is 1.15. The van der Waals surface area contributed by atoms with Gasteiger partial charge in [0.2, 0.25) is 0 Å². The Morgan fingerprint density at radius 3 is 2.54 bits per heavy atom. The van der Waals surface area contributed by atoms with E-state index in [0.29, 0.717) is 44.6 Å². The first kappa shape index (κ1) is 16.3. The lowest BCUT2D eigenvalue weighted by Crippen LogP contribution is -2.49. The van der Waals surface area contributed by atoms with E-state index in [9.17, 15) is 9.59 Å². The van der Waals surface area contributed by atoms with E-state index in [4.69, 9.17) is 4.74 Å². The molecule has 0 unspecified atom stereocenters. The molecule has 1 saturated carbocycles. The van der Waals surface area contributed by atoms with Crippen molar-refractivity contribution in [2.45, 2.75) is 25.8 Å². The van der Waals surface area contributed by atoms with Gasteiger partial charge in [-0.25, -0.2) is 9.59 Å². The highest BCUT2D eigenvalue weighted by molar-refractivity contribution is 5.88. The molecule has 2 aliphatic rings. The third-order valence-corrected chi connectivity index (χ3v) is 3.93. The van der Waals surface area contributed by atoms with Gasteiger partial charge in [-0.1, -0.05) is 0 Å². The highest BCUT2D eigenvalue weighted by atomic mass is 16.6. The molecular formula is C15H22N6O3. The van der Waals surface area contributed by atoms with Crippen molar-refractivity contribution >= 4 is 23.8 Å². The minimum atomic E-state index is -0.274. The zero-order valence-corrected chi connectivity index (χ0v) is 13.7. The Balaban J connectivity index is 1.49. The van der Waals surface area contributed by atoms with Crippen LogP contribution in [0.4, 0.5) is 21.2 Å². The highest BCUT2D eigenvalue weighted by Crippen LogP contribution is 2.19. The first-order valence-electron chi connectivity index (χ1n) is 8.23. The predicted octanol–water partition coefficient (Wildman–Crippen LogP) is 1.04. The fourth-order valence-electron chi connectivity index (χ4n) is 2.46. The molecule has 0 atom stereocenters. The summed E-state index contributed by atoms with van der Waals surface area (Å²) in [6.45, 7) is 4.69. The van der Waals surface area contributed by atoms with Crippen LogP contribution in [0, 0.1) is 0 Å². The maximum absolute atomic E-state index is 11.7. The number of ether oxygens (including phenoxy) is 1. The highest BCUT2D eigenvalue weighted by Gasteiger charge is 2.24. The number of urea groups is 1. The number of nitrogens with one attached hydrogen (secondary N) is 2. The summed E-state index contributed by atoms with van der Waals surface area (Å²) in [6, 6.07) is 3.60. The fraction of sp³-hybridized carbons (Fsp3) is 0.600. The number of amides is 3. The molecule has 0 bridgehead atoms. The molecule has 3 amide bonds. The monoisotopic (exact) mass is 334 g/mol. The molecule has 0 radical (unpaired) electrons. The lowest BCUT2D eigenvalue weighted by Gasteiger charge is -2.34. The number of piperazine rings is 1. The van der Waals surface area contributed by atoms with Crippen LogP contribution in [0.2, 0.25) is 0 Å². The van der Waals surface area contributed by atoms with E-state index in [-0.39, 0.29) is 12.1 Å². The molecule has 1 aliphatic heterocycles. The van der Waals surface area contributed by atoms with Crippen LogP contribution in [0.1, 0.15) is 19.8 Å². The molecule has 9 nitrogen and oxygen atoms in total. The summed E-state index contributed by atoms with van der Waals surface area (Å²) in [4.78, 5) is 27.1. The molecule has 1 aromatic heterocycles. The SMILES string of the molecule is CCOC(=O)N1CCN(c2ccc(NC(=O)NC3CC3)nn2)CC1. The second-order valence-electron chi connectivity index (χ2n) is 5.82. The lowest BCUT2D eigenvalue weighted by molar-refractivity contribution is 0.105. The quantitative estimate of drug-likeness (QED) is 0.853. The maximum atomic E-state index is 11.7. The molecule has 2 fully saturated rings. The number of carbonyl (C=O) groups excluding carboxylic acids is 2. The molecule has 3 rings (SSSR count). The van der Waals surface area contributed by atoms with Gasteiger partial charge in [0.25, 0.3) is 0 Å². The number of anilines is 2. The molecule has 1 saturated heterocycles. The van der Waals surface area contributed by atoms with Gasteiger partial charge in [0.05, 0.1) is 6.61 Å². The van der Waals surface area contributed by atoms with Crippen LogP contribution in [0.3, 0.4) is 0 Å². The first-order valence-corrected chi connectivity index (χ1v) is 8.23. The van der Waals surface area contributed by atoms with Crippen molar-refractivity contribution in [1.82, 2.24) is 20.4 Å². The van der Waals surface area contributed by atoms with Crippen molar-refractivity contribution < 1.29 is 14.3 Å². The van der Waals surface area contributed by atoms with Crippen LogP contribution in [-0.2, 0) is 4.74 Å². The van der Waals surface area contributed by atoms with E-state index >= 15 is 0 Å². The topological polar surface area (TPSA) is 99.7 Å². The second kappa shape index (κ2) is 7.33. The van der Waals surface area contributed by atoms with E-state index in [0.717, 1.165) is 18.7 Å². The zero-order valence-electron chi connectivity index (χ0n) is 13.7. The Hall–Kier alpha value is -2.58. The van der Waals surface area contributed by atoms with E-state index in [1.807, 2.05) is 6.07 Å². The van der Waals surface area contributed by atoms with Gasteiger partial charge in [0, 0.05) is 32.2 Å². The van der Waals surface area contributed by atoms with Gasteiger partial charge in [0.1, 0.15) is 0 Å². The smallest absolute Gasteiger partial charge is 0.409 e. The Morgan fingerprint density at radius 1 is 1.21 bits per heavy atom. The molecule has 130 valence electrons. The van der Waals surface area contributed by atoms with Crippen molar-refractivity contribution in [1.29, 1.82) is 0 Å². The van der Waals surface area contributed by atoms with Crippen LogP contribution in [-0.4, -0.2) is 66.0 Å². The molecular weight excluding hydrogens is 312 g/mol. The summed E-state index contributed by atoms with van der Waals surface area (Å²) >= 11 is 0. The standard InChI is InChI=1S/C15H22N6O3/c1-2-24-15(23)21-9-7-20(8-10-21)13-6-5-12(18-19-13)17-14(22)16-11-3-4-11/h5-6,11H,2-4,7-10H2,1H3,(H2,16,17,18,22). The van der Waals surface area contributed by atoms with Gasteiger partial charge >= 0.3 is 12.1 Å². The Bertz CT molecular complexity index is 581. The molecule has 2 N–H and O–H groups in total. The van der Waals surface area contributed by atoms with Crippen molar-refractivity contribution in [2.75, 3.05) is 43.0 Å². The second-order valence-corrected chi connectivity index (χ2v) is 5.82. The predicted molar refractivity (Wildman–Crippen MR) is 88.0 cm³/mol. The molecule has 0 aromatic carbocycles. The number of rotatable bonds is 4. The lowest BCUT2D eigenvalue weighted by atomic mass is 10.3. The normalized spacial score (nSPS) is 17.4. The van der Waals surface area contributed by atoms with Crippen LogP contribution in [0.5, 0.6) is 0 Å². The minimum Gasteiger partial charge on any atom is -0.450 e. The number of hydrogen-bond acceptors (Lipinski definition) is 6. The molecule has 24 heavy (non-hydrogen) atoms. The number of hydrogen-bond donors (Lipinski definition) is 2. The summed E-state index contributed by atoms with van der Waals surface area (Å²) < 4.78 is 5.00. The number of carbonyl (C=O) groups is 2.